The van der Waals surface area contributed by atoms with Gasteiger partial charge in [0, 0.05) is 13.6 Å². The van der Waals surface area contributed by atoms with Crippen molar-refractivity contribution in [1.29, 1.82) is 0 Å². The van der Waals surface area contributed by atoms with Crippen LogP contribution in [0.15, 0.2) is 18.3 Å². The Labute approximate surface area is 110 Å². The van der Waals surface area contributed by atoms with Crippen molar-refractivity contribution >= 4 is 5.69 Å². The molecule has 0 unspecified atom stereocenters. The van der Waals surface area contributed by atoms with Gasteiger partial charge in [0.25, 0.3) is 0 Å². The van der Waals surface area contributed by atoms with Crippen LogP contribution in [0.3, 0.4) is 0 Å². The first kappa shape index (κ1) is 14.9. The molecule has 1 aromatic heterocycles. The van der Waals surface area contributed by atoms with E-state index in [1.165, 1.54) is 0 Å². The van der Waals surface area contributed by atoms with Crippen LogP contribution in [0.5, 0.6) is 0 Å². The molecule has 0 saturated carbocycles. The fourth-order valence-electron chi connectivity index (χ4n) is 1.58. The van der Waals surface area contributed by atoms with Crippen molar-refractivity contribution in [1.82, 2.24) is 4.98 Å². The number of hydrogen-bond donors (Lipinski definition) is 1. The third-order valence-corrected chi connectivity index (χ3v) is 2.82. The minimum absolute atomic E-state index is 0.263. The zero-order valence-electron chi connectivity index (χ0n) is 11.8. The molecule has 18 heavy (non-hydrogen) atoms. The molecule has 0 aliphatic heterocycles. The van der Waals surface area contributed by atoms with Crippen molar-refractivity contribution in [2.24, 2.45) is 0 Å². The molecule has 0 bridgehead atoms. The molecular weight excluding hydrogens is 228 g/mol. The molecule has 0 aliphatic carbocycles. The summed E-state index contributed by atoms with van der Waals surface area (Å²) in [7, 11) is 2.01. The number of aliphatic hydroxyl groups excluding tert-OH is 1. The van der Waals surface area contributed by atoms with E-state index in [2.05, 4.69) is 9.88 Å². The molecule has 1 rings (SSSR count). The van der Waals surface area contributed by atoms with Crippen LogP contribution in [0.25, 0.3) is 0 Å². The Kier molecular flexibility index (Phi) is 6.09. The summed E-state index contributed by atoms with van der Waals surface area (Å²) in [5, 5.41) is 9.67. The summed E-state index contributed by atoms with van der Waals surface area (Å²) in [5.74, 6) is 0. The predicted octanol–water partition coefficient (Wildman–Crippen LogP) is 2.39. The molecule has 0 saturated heterocycles. The van der Waals surface area contributed by atoms with Gasteiger partial charge in [0.05, 0.1) is 36.4 Å². The van der Waals surface area contributed by atoms with Crippen molar-refractivity contribution in [3.63, 3.8) is 0 Å². The Morgan fingerprint density at radius 2 is 2.11 bits per heavy atom. The van der Waals surface area contributed by atoms with Crippen LogP contribution in [0.4, 0.5) is 5.69 Å². The number of likely N-dealkylation sites (N-methyl/N-ethyl adjacent to an activating group) is 1. The summed E-state index contributed by atoms with van der Waals surface area (Å²) in [6.45, 7) is 7.53. The number of anilines is 1. The fraction of sp³-hybridized carbons (Fsp3) is 0.643. The number of aromatic nitrogens is 1. The summed E-state index contributed by atoms with van der Waals surface area (Å²) < 4.78 is 5.51. The lowest BCUT2D eigenvalue weighted by Crippen LogP contribution is -2.24. The van der Waals surface area contributed by atoms with E-state index in [-0.39, 0.29) is 6.10 Å². The van der Waals surface area contributed by atoms with Crippen LogP contribution >= 0.6 is 0 Å². The third-order valence-electron chi connectivity index (χ3n) is 2.82. The largest absolute Gasteiger partial charge is 0.387 e. The SMILES string of the molecule is CC[C@@H](O)c1ccc(N(C)CCOC(C)C)cn1. The second kappa shape index (κ2) is 7.34. The zero-order chi connectivity index (χ0) is 13.5. The molecule has 1 heterocycles. The third kappa shape index (κ3) is 4.63. The van der Waals surface area contributed by atoms with E-state index in [4.69, 9.17) is 4.74 Å². The van der Waals surface area contributed by atoms with E-state index in [0.29, 0.717) is 13.0 Å². The smallest absolute Gasteiger partial charge is 0.0957 e. The Morgan fingerprint density at radius 3 is 2.61 bits per heavy atom. The number of nitrogens with zero attached hydrogens (tertiary/aromatic N) is 2. The highest BCUT2D eigenvalue weighted by Gasteiger charge is 2.07. The Morgan fingerprint density at radius 1 is 1.39 bits per heavy atom. The van der Waals surface area contributed by atoms with Gasteiger partial charge >= 0.3 is 0 Å². The van der Waals surface area contributed by atoms with Crippen LogP contribution in [-0.2, 0) is 4.74 Å². The molecule has 0 aliphatic rings. The molecule has 0 amide bonds. The number of aliphatic hydroxyl groups is 1. The topological polar surface area (TPSA) is 45.6 Å². The second-order valence-corrected chi connectivity index (χ2v) is 4.71. The molecule has 0 aromatic carbocycles. The molecule has 4 nitrogen and oxygen atoms in total. The molecule has 1 N–H and O–H groups in total. The second-order valence-electron chi connectivity index (χ2n) is 4.71. The first-order chi connectivity index (χ1) is 8.54. The molecular formula is C14H24N2O2. The first-order valence-electron chi connectivity index (χ1n) is 6.51. The standard InChI is InChI=1S/C14H24N2O2/c1-5-14(17)13-7-6-12(10-15-13)16(4)8-9-18-11(2)3/h6-7,10-11,14,17H,5,8-9H2,1-4H3/t14-/m1/s1. The summed E-state index contributed by atoms with van der Waals surface area (Å²) in [5.41, 5.74) is 1.77. The van der Waals surface area contributed by atoms with Crippen molar-refractivity contribution < 1.29 is 9.84 Å². The Balaban J connectivity index is 2.51. The summed E-state index contributed by atoms with van der Waals surface area (Å²) in [4.78, 5) is 6.38. The molecule has 1 atom stereocenters. The van der Waals surface area contributed by atoms with Crippen molar-refractivity contribution in [2.75, 3.05) is 25.1 Å². The van der Waals surface area contributed by atoms with Gasteiger partial charge in [-0.15, -0.1) is 0 Å². The van der Waals surface area contributed by atoms with Gasteiger partial charge in [-0.1, -0.05) is 6.92 Å². The van der Waals surface area contributed by atoms with Crippen molar-refractivity contribution in [3.8, 4) is 0 Å². The van der Waals surface area contributed by atoms with E-state index >= 15 is 0 Å². The lowest BCUT2D eigenvalue weighted by molar-refractivity contribution is 0.0846. The minimum atomic E-state index is -0.464. The monoisotopic (exact) mass is 252 g/mol. The maximum atomic E-state index is 9.67. The summed E-state index contributed by atoms with van der Waals surface area (Å²) >= 11 is 0. The van der Waals surface area contributed by atoms with Crippen molar-refractivity contribution in [3.05, 3.63) is 24.0 Å². The van der Waals surface area contributed by atoms with Gasteiger partial charge in [-0.3, -0.25) is 4.98 Å². The van der Waals surface area contributed by atoms with Gasteiger partial charge in [-0.25, -0.2) is 0 Å². The van der Waals surface area contributed by atoms with Gasteiger partial charge in [-0.2, -0.15) is 0 Å². The van der Waals surface area contributed by atoms with E-state index in [9.17, 15) is 5.11 Å². The van der Waals surface area contributed by atoms with Crippen molar-refractivity contribution in [2.45, 2.75) is 39.4 Å². The first-order valence-corrected chi connectivity index (χ1v) is 6.51. The summed E-state index contributed by atoms with van der Waals surface area (Å²) in [6, 6.07) is 3.86. The van der Waals surface area contributed by atoms with Gasteiger partial charge in [-0.05, 0) is 32.4 Å². The average molecular weight is 252 g/mol. The van der Waals surface area contributed by atoms with Crippen LogP contribution in [0, 0.1) is 0 Å². The number of rotatable bonds is 7. The van der Waals surface area contributed by atoms with Gasteiger partial charge < -0.3 is 14.7 Å². The molecule has 0 spiro atoms. The maximum absolute atomic E-state index is 9.67. The van der Waals surface area contributed by atoms with Crippen LogP contribution in [0.2, 0.25) is 0 Å². The number of hydrogen-bond acceptors (Lipinski definition) is 4. The van der Waals surface area contributed by atoms with E-state index in [0.717, 1.165) is 17.9 Å². The average Bonchev–Trinajstić information content (AvgIpc) is 2.37. The van der Waals surface area contributed by atoms with Gasteiger partial charge in [0.2, 0.25) is 0 Å². The maximum Gasteiger partial charge on any atom is 0.0957 e. The van der Waals surface area contributed by atoms with Crippen LogP contribution in [0.1, 0.15) is 39.0 Å². The molecule has 0 fully saturated rings. The summed E-state index contributed by atoms with van der Waals surface area (Å²) in [6.07, 6.45) is 2.28. The zero-order valence-corrected chi connectivity index (χ0v) is 11.8. The quantitative estimate of drug-likeness (QED) is 0.809. The van der Waals surface area contributed by atoms with E-state index < -0.39 is 6.10 Å². The lowest BCUT2D eigenvalue weighted by atomic mass is 10.2. The van der Waals surface area contributed by atoms with Crippen LogP contribution < -0.4 is 4.90 Å². The van der Waals surface area contributed by atoms with E-state index in [1.54, 1.807) is 6.20 Å². The van der Waals surface area contributed by atoms with Gasteiger partial charge in [0.15, 0.2) is 0 Å². The normalized spacial score (nSPS) is 12.8. The van der Waals surface area contributed by atoms with E-state index in [1.807, 2.05) is 40.0 Å². The fourth-order valence-corrected chi connectivity index (χ4v) is 1.58. The number of ether oxygens (including phenoxy) is 1. The lowest BCUT2D eigenvalue weighted by Gasteiger charge is -2.20. The van der Waals surface area contributed by atoms with Gasteiger partial charge in [0.1, 0.15) is 0 Å². The number of pyridine rings is 1. The Bertz CT molecular complexity index is 338. The Hall–Kier alpha value is -1.13. The van der Waals surface area contributed by atoms with Crippen LogP contribution in [-0.4, -0.2) is 36.4 Å². The highest BCUT2D eigenvalue weighted by Crippen LogP contribution is 2.17. The predicted molar refractivity (Wildman–Crippen MR) is 73.8 cm³/mol. The molecule has 1 aromatic rings. The molecule has 102 valence electrons. The minimum Gasteiger partial charge on any atom is -0.387 e. The molecule has 4 heteroatoms. The molecule has 0 radical (unpaired) electrons. The highest BCUT2D eigenvalue weighted by molar-refractivity contribution is 5.43. The highest BCUT2D eigenvalue weighted by atomic mass is 16.5.